The highest BCUT2D eigenvalue weighted by atomic mass is 32.2. The molecule has 49 heavy (non-hydrogen) atoms. The standard InChI is InChI=1S/C30H39O3S.C6HF5O3S/c1-28(2,3)31-22-10-16-25(17-11-22)34(26-18-12-23(13-19-26)32-29(4,5)6)27-20-14-24(15-21-27)33-30(7,8)9;7-1-2(8)4(10)6(15(12,13)14)5(11)3(1)9/h10-21H,1-9H3;(H,12,13,14)/q+1;/p-1. The lowest BCUT2D eigenvalue weighted by molar-refractivity contribution is 0.130. The van der Waals surface area contributed by atoms with E-state index < -0.39 is 44.1 Å². The quantitative estimate of drug-likeness (QED) is 0.0620. The van der Waals surface area contributed by atoms with Crippen molar-refractivity contribution in [3.63, 3.8) is 0 Å². The van der Waals surface area contributed by atoms with Gasteiger partial charge < -0.3 is 18.8 Å². The SMILES string of the molecule is CC(C)(C)Oc1ccc([S+](c2ccc(OC(C)(C)C)cc2)c2ccc(OC(C)(C)C)cc2)cc1.O=S(=O)([O-])c1c(F)c(F)c(F)c(F)c1F. The molecule has 0 N–H and O–H groups in total. The molecule has 0 saturated carbocycles. The molecule has 0 aliphatic carbocycles. The molecule has 0 heterocycles. The highest BCUT2D eigenvalue weighted by molar-refractivity contribution is 7.97. The molecular weight excluding hydrogens is 688 g/mol. The second-order valence-electron chi connectivity index (χ2n) is 13.7. The fourth-order valence-electron chi connectivity index (χ4n) is 4.20. The molecule has 0 radical (unpaired) electrons. The third-order valence-corrected chi connectivity index (χ3v) is 8.96. The Morgan fingerprint density at radius 3 is 0.898 bits per heavy atom. The molecule has 0 aliphatic rings. The Balaban J connectivity index is 0.000000362. The molecule has 4 aromatic carbocycles. The lowest BCUT2D eigenvalue weighted by atomic mass is 10.2. The lowest BCUT2D eigenvalue weighted by Gasteiger charge is -2.22. The van der Waals surface area contributed by atoms with Gasteiger partial charge in [0.1, 0.15) is 49.1 Å². The Morgan fingerprint density at radius 2 is 0.694 bits per heavy atom. The van der Waals surface area contributed by atoms with E-state index in [1.54, 1.807) is 0 Å². The van der Waals surface area contributed by atoms with E-state index in [1.807, 2.05) is 0 Å². The van der Waals surface area contributed by atoms with Crippen LogP contribution in [-0.2, 0) is 21.0 Å². The lowest BCUT2D eigenvalue weighted by Crippen LogP contribution is -2.23. The van der Waals surface area contributed by atoms with Crippen LogP contribution in [0.2, 0.25) is 0 Å². The molecule has 6 nitrogen and oxygen atoms in total. The van der Waals surface area contributed by atoms with E-state index in [0.29, 0.717) is 0 Å². The highest BCUT2D eigenvalue weighted by Gasteiger charge is 2.31. The highest BCUT2D eigenvalue weighted by Crippen LogP contribution is 2.35. The van der Waals surface area contributed by atoms with E-state index in [0.717, 1.165) is 17.2 Å². The fourth-order valence-corrected chi connectivity index (χ4v) is 6.86. The Kier molecular flexibility index (Phi) is 12.1. The van der Waals surface area contributed by atoms with E-state index in [-0.39, 0.29) is 27.7 Å². The van der Waals surface area contributed by atoms with Crippen molar-refractivity contribution in [3.8, 4) is 17.2 Å². The molecule has 0 aromatic heterocycles. The van der Waals surface area contributed by atoms with E-state index in [4.69, 9.17) is 14.2 Å². The molecule has 4 rings (SSSR count). The van der Waals surface area contributed by atoms with Crippen LogP contribution < -0.4 is 14.2 Å². The summed E-state index contributed by atoms with van der Waals surface area (Å²) in [7, 11) is -6.05. The summed E-state index contributed by atoms with van der Waals surface area (Å²) in [5, 5.41) is 0. The number of benzene rings is 4. The average Bonchev–Trinajstić information content (AvgIpc) is 2.95. The Bertz CT molecular complexity index is 1670. The van der Waals surface area contributed by atoms with Crippen LogP contribution in [-0.4, -0.2) is 29.8 Å². The topological polar surface area (TPSA) is 84.9 Å². The van der Waals surface area contributed by atoms with Crippen molar-refractivity contribution in [3.05, 3.63) is 102 Å². The van der Waals surface area contributed by atoms with Gasteiger partial charge in [0.15, 0.2) is 38.0 Å². The molecule has 0 aliphatic heterocycles. The van der Waals surface area contributed by atoms with Crippen molar-refractivity contribution in [2.24, 2.45) is 0 Å². The van der Waals surface area contributed by atoms with Crippen LogP contribution in [0.25, 0.3) is 0 Å². The minimum Gasteiger partial charge on any atom is -0.744 e. The number of hydrogen-bond donors (Lipinski definition) is 0. The van der Waals surface area contributed by atoms with Gasteiger partial charge in [0.2, 0.25) is 5.82 Å². The summed E-state index contributed by atoms with van der Waals surface area (Å²) < 4.78 is 111. The van der Waals surface area contributed by atoms with Crippen molar-refractivity contribution < 1.29 is 49.1 Å². The molecule has 0 amide bonds. The van der Waals surface area contributed by atoms with E-state index >= 15 is 0 Å². The minimum absolute atomic E-state index is 0.227. The molecule has 0 spiro atoms. The Morgan fingerprint density at radius 1 is 0.469 bits per heavy atom. The fraction of sp³-hybridized carbons (Fsp3) is 0.333. The molecule has 0 unspecified atom stereocenters. The summed E-state index contributed by atoms with van der Waals surface area (Å²) in [5.41, 5.74) is -0.682. The molecule has 0 saturated heterocycles. The Labute approximate surface area is 287 Å². The summed E-state index contributed by atoms with van der Waals surface area (Å²) in [6.45, 7) is 18.6. The minimum atomic E-state index is -5.77. The molecule has 0 bridgehead atoms. The second-order valence-corrected chi connectivity index (χ2v) is 17.1. The first-order valence-electron chi connectivity index (χ1n) is 15.0. The van der Waals surface area contributed by atoms with Gasteiger partial charge in [-0.1, -0.05) is 0 Å². The van der Waals surface area contributed by atoms with Gasteiger partial charge in [-0.2, -0.15) is 0 Å². The maximum Gasteiger partial charge on any atom is 0.200 e. The molecule has 0 atom stereocenters. The van der Waals surface area contributed by atoms with Gasteiger partial charge in [-0.15, -0.1) is 0 Å². The van der Waals surface area contributed by atoms with E-state index in [9.17, 15) is 34.9 Å². The predicted molar refractivity (Wildman–Crippen MR) is 177 cm³/mol. The van der Waals surface area contributed by atoms with Crippen LogP contribution in [0.4, 0.5) is 22.0 Å². The van der Waals surface area contributed by atoms with Gasteiger partial charge in [0.05, 0.1) is 10.9 Å². The largest absolute Gasteiger partial charge is 0.744 e. The second kappa shape index (κ2) is 15.0. The van der Waals surface area contributed by atoms with Gasteiger partial charge in [-0.25, -0.2) is 30.4 Å². The monoisotopic (exact) mass is 726 g/mol. The van der Waals surface area contributed by atoms with Gasteiger partial charge in [0.25, 0.3) is 0 Å². The van der Waals surface area contributed by atoms with Crippen LogP contribution in [0, 0.1) is 29.1 Å². The van der Waals surface area contributed by atoms with Gasteiger partial charge >= 0.3 is 0 Å². The summed E-state index contributed by atoms with van der Waals surface area (Å²) in [6, 6.07) is 25.4. The first-order chi connectivity index (χ1) is 22.4. The van der Waals surface area contributed by atoms with Crippen LogP contribution in [0.5, 0.6) is 17.2 Å². The third kappa shape index (κ3) is 11.4. The van der Waals surface area contributed by atoms with Crippen molar-refractivity contribution in [1.82, 2.24) is 0 Å². The van der Waals surface area contributed by atoms with Crippen molar-refractivity contribution in [2.75, 3.05) is 0 Å². The maximum atomic E-state index is 12.6. The van der Waals surface area contributed by atoms with Crippen molar-refractivity contribution in [2.45, 2.75) is 98.7 Å². The number of ether oxygens (including phenoxy) is 3. The molecule has 0 fully saturated rings. The van der Waals surface area contributed by atoms with Crippen LogP contribution in [0.15, 0.2) is 92.4 Å². The van der Waals surface area contributed by atoms with Gasteiger partial charge in [-0.3, -0.25) is 0 Å². The van der Waals surface area contributed by atoms with Crippen LogP contribution in [0.3, 0.4) is 0 Å². The number of hydrogen-bond acceptors (Lipinski definition) is 6. The predicted octanol–water partition coefficient (Wildman–Crippen LogP) is 9.60. The first-order valence-corrected chi connectivity index (χ1v) is 17.6. The maximum absolute atomic E-state index is 12.6. The zero-order valence-corrected chi connectivity index (χ0v) is 30.2. The zero-order chi connectivity index (χ0) is 37.1. The molecule has 266 valence electrons. The Hall–Kier alpha value is -3.81. The van der Waals surface area contributed by atoms with E-state index in [2.05, 4.69) is 135 Å². The van der Waals surface area contributed by atoms with Crippen LogP contribution >= 0.6 is 0 Å². The molecule has 4 aromatic rings. The van der Waals surface area contributed by atoms with E-state index in [1.165, 1.54) is 14.7 Å². The average molecular weight is 727 g/mol. The van der Waals surface area contributed by atoms with Gasteiger partial charge in [-0.05, 0) is 135 Å². The van der Waals surface area contributed by atoms with Crippen molar-refractivity contribution >= 4 is 21.0 Å². The normalized spacial score (nSPS) is 12.3. The molecular formula is C36H39F5O6S2. The number of rotatable bonds is 7. The first kappa shape index (κ1) is 39.6. The summed E-state index contributed by atoms with van der Waals surface area (Å²) >= 11 is 0. The van der Waals surface area contributed by atoms with Crippen LogP contribution in [0.1, 0.15) is 62.3 Å². The number of halogens is 5. The summed E-state index contributed by atoms with van der Waals surface area (Å²) in [5.74, 6) is -10.2. The summed E-state index contributed by atoms with van der Waals surface area (Å²) in [4.78, 5) is 1.32. The third-order valence-electron chi connectivity index (χ3n) is 5.87. The van der Waals surface area contributed by atoms with Crippen molar-refractivity contribution in [1.29, 1.82) is 0 Å². The zero-order valence-electron chi connectivity index (χ0n) is 28.6. The van der Waals surface area contributed by atoms with Gasteiger partial charge in [0, 0.05) is 0 Å². The summed E-state index contributed by atoms with van der Waals surface area (Å²) in [6.07, 6.45) is 0. The smallest absolute Gasteiger partial charge is 0.200 e. The molecule has 13 heteroatoms.